The van der Waals surface area contributed by atoms with Gasteiger partial charge in [0, 0.05) is 10.6 Å². The van der Waals surface area contributed by atoms with E-state index in [0.717, 1.165) is 34.5 Å². The summed E-state index contributed by atoms with van der Waals surface area (Å²) in [6.45, 7) is 4.10. The molecule has 0 aliphatic carbocycles. The molecule has 1 aromatic heterocycles. The van der Waals surface area contributed by atoms with E-state index in [4.69, 9.17) is 4.42 Å². The number of rotatable bonds is 1. The maximum Gasteiger partial charge on any atom is 0.138 e. The lowest BCUT2D eigenvalue weighted by Gasteiger charge is -2.23. The molecule has 2 heterocycles. The van der Waals surface area contributed by atoms with Crippen molar-refractivity contribution < 1.29 is 9.52 Å². The third-order valence-corrected chi connectivity index (χ3v) is 5.02. The smallest absolute Gasteiger partial charge is 0.138 e. The summed E-state index contributed by atoms with van der Waals surface area (Å²) in [5.74, 6) is 1.72. The second kappa shape index (κ2) is 3.79. The van der Waals surface area contributed by atoms with Crippen LogP contribution in [0.15, 0.2) is 28.7 Å². The summed E-state index contributed by atoms with van der Waals surface area (Å²) < 4.78 is 5.89. The molecule has 0 spiro atoms. The van der Waals surface area contributed by atoms with Gasteiger partial charge in [-0.25, -0.2) is 0 Å². The Bertz CT molecular complexity index is 560. The molecule has 1 aliphatic rings. The predicted octanol–water partition coefficient (Wildman–Crippen LogP) is 3.45. The molecule has 0 saturated carbocycles. The van der Waals surface area contributed by atoms with Gasteiger partial charge in [-0.3, -0.25) is 0 Å². The van der Waals surface area contributed by atoms with Crippen molar-refractivity contribution in [3.63, 3.8) is 0 Å². The van der Waals surface area contributed by atoms with Gasteiger partial charge in [0.2, 0.25) is 0 Å². The van der Waals surface area contributed by atoms with E-state index in [1.165, 1.54) is 0 Å². The molecule has 1 aliphatic heterocycles. The standard InChI is InChI=1S/C14H16O2S/c1-9-4-3-5-11-8-12(16-13(9)11)14(15)6-7-17-10(14)2/h3-5,8,10,15H,6-7H2,1-2H3. The average Bonchev–Trinajstić information content (AvgIpc) is 2.86. The number of fused-ring (bicyclic) bond motifs is 1. The molecular formula is C14H16O2S. The van der Waals surface area contributed by atoms with Crippen molar-refractivity contribution in [2.45, 2.75) is 31.1 Å². The fourth-order valence-electron chi connectivity index (χ4n) is 2.48. The Labute approximate surface area is 105 Å². The van der Waals surface area contributed by atoms with Gasteiger partial charge < -0.3 is 9.52 Å². The number of aliphatic hydroxyl groups is 1. The number of aryl methyl sites for hydroxylation is 1. The number of hydrogen-bond acceptors (Lipinski definition) is 3. The molecular weight excluding hydrogens is 232 g/mol. The van der Waals surface area contributed by atoms with Crippen molar-refractivity contribution >= 4 is 22.7 Å². The first-order valence-electron chi connectivity index (χ1n) is 5.95. The predicted molar refractivity (Wildman–Crippen MR) is 71.4 cm³/mol. The highest BCUT2D eigenvalue weighted by Crippen LogP contribution is 2.44. The quantitative estimate of drug-likeness (QED) is 0.839. The zero-order valence-corrected chi connectivity index (χ0v) is 10.9. The molecule has 1 N–H and O–H groups in total. The monoisotopic (exact) mass is 248 g/mol. The van der Waals surface area contributed by atoms with Gasteiger partial charge >= 0.3 is 0 Å². The number of furan rings is 1. The van der Waals surface area contributed by atoms with E-state index in [9.17, 15) is 5.11 Å². The van der Waals surface area contributed by atoms with Crippen LogP contribution in [0.2, 0.25) is 0 Å². The number of thioether (sulfide) groups is 1. The fourth-order valence-corrected chi connectivity index (χ4v) is 3.77. The summed E-state index contributed by atoms with van der Waals surface area (Å²) in [6.07, 6.45) is 0.775. The largest absolute Gasteiger partial charge is 0.458 e. The van der Waals surface area contributed by atoms with Crippen LogP contribution in [-0.2, 0) is 5.60 Å². The van der Waals surface area contributed by atoms with Gasteiger partial charge in [-0.15, -0.1) is 0 Å². The lowest BCUT2D eigenvalue weighted by atomic mass is 9.94. The molecule has 2 unspecified atom stereocenters. The minimum Gasteiger partial charge on any atom is -0.458 e. The van der Waals surface area contributed by atoms with Gasteiger partial charge in [-0.1, -0.05) is 25.1 Å². The minimum absolute atomic E-state index is 0.198. The van der Waals surface area contributed by atoms with Crippen LogP contribution < -0.4 is 0 Å². The van der Waals surface area contributed by atoms with Crippen molar-refractivity contribution in [1.82, 2.24) is 0 Å². The Morgan fingerprint density at radius 2 is 2.29 bits per heavy atom. The molecule has 1 saturated heterocycles. The van der Waals surface area contributed by atoms with Crippen LogP contribution in [0, 0.1) is 6.92 Å². The molecule has 2 aromatic rings. The normalized spacial score (nSPS) is 29.0. The van der Waals surface area contributed by atoms with E-state index < -0.39 is 5.60 Å². The van der Waals surface area contributed by atoms with Gasteiger partial charge in [0.1, 0.15) is 16.9 Å². The van der Waals surface area contributed by atoms with E-state index in [2.05, 4.69) is 6.92 Å². The van der Waals surface area contributed by atoms with Crippen molar-refractivity contribution in [3.8, 4) is 0 Å². The number of para-hydroxylation sites is 1. The summed E-state index contributed by atoms with van der Waals surface area (Å²) in [5, 5.41) is 12.0. The molecule has 0 bridgehead atoms. The van der Waals surface area contributed by atoms with E-state index in [0.29, 0.717) is 0 Å². The van der Waals surface area contributed by atoms with E-state index in [1.807, 2.05) is 31.2 Å². The van der Waals surface area contributed by atoms with Gasteiger partial charge in [0.05, 0.1) is 0 Å². The number of benzene rings is 1. The van der Waals surface area contributed by atoms with Crippen LogP contribution >= 0.6 is 11.8 Å². The van der Waals surface area contributed by atoms with Gasteiger partial charge in [0.25, 0.3) is 0 Å². The SMILES string of the molecule is Cc1cccc2cc(C3(O)CCSC3C)oc12. The highest BCUT2D eigenvalue weighted by molar-refractivity contribution is 8.00. The summed E-state index contributed by atoms with van der Waals surface area (Å²) in [5.41, 5.74) is 1.23. The highest BCUT2D eigenvalue weighted by atomic mass is 32.2. The molecule has 0 radical (unpaired) electrons. The molecule has 1 aromatic carbocycles. The lowest BCUT2D eigenvalue weighted by molar-refractivity contribution is 0.0219. The van der Waals surface area contributed by atoms with Crippen LogP contribution in [0.4, 0.5) is 0 Å². The first kappa shape index (κ1) is 11.2. The first-order valence-corrected chi connectivity index (χ1v) is 7.00. The molecule has 90 valence electrons. The first-order chi connectivity index (χ1) is 8.11. The summed E-state index contributed by atoms with van der Waals surface area (Å²) in [7, 11) is 0. The zero-order chi connectivity index (χ0) is 12.0. The zero-order valence-electron chi connectivity index (χ0n) is 10.1. The van der Waals surface area contributed by atoms with Crippen LogP contribution in [0.1, 0.15) is 24.7 Å². The average molecular weight is 248 g/mol. The van der Waals surface area contributed by atoms with Crippen LogP contribution in [0.5, 0.6) is 0 Å². The van der Waals surface area contributed by atoms with Crippen LogP contribution in [-0.4, -0.2) is 16.1 Å². The molecule has 0 amide bonds. The molecule has 3 heteroatoms. The number of hydrogen-bond donors (Lipinski definition) is 1. The second-order valence-corrected chi connectivity index (χ2v) is 6.24. The van der Waals surface area contributed by atoms with Crippen molar-refractivity contribution in [1.29, 1.82) is 0 Å². The van der Waals surface area contributed by atoms with E-state index >= 15 is 0 Å². The Morgan fingerprint density at radius 3 is 2.94 bits per heavy atom. The van der Waals surface area contributed by atoms with Crippen molar-refractivity contribution in [3.05, 3.63) is 35.6 Å². The molecule has 2 atom stereocenters. The van der Waals surface area contributed by atoms with Crippen molar-refractivity contribution in [2.24, 2.45) is 0 Å². The fraction of sp³-hybridized carbons (Fsp3) is 0.429. The van der Waals surface area contributed by atoms with E-state index in [-0.39, 0.29) is 5.25 Å². The van der Waals surface area contributed by atoms with Crippen LogP contribution in [0.3, 0.4) is 0 Å². The Morgan fingerprint density at radius 1 is 1.47 bits per heavy atom. The third kappa shape index (κ3) is 1.60. The molecule has 3 rings (SSSR count). The molecule has 1 fully saturated rings. The maximum atomic E-state index is 10.7. The topological polar surface area (TPSA) is 33.4 Å². The molecule has 17 heavy (non-hydrogen) atoms. The highest BCUT2D eigenvalue weighted by Gasteiger charge is 2.43. The summed E-state index contributed by atoms with van der Waals surface area (Å²) in [6, 6.07) is 8.08. The van der Waals surface area contributed by atoms with Crippen LogP contribution in [0.25, 0.3) is 11.0 Å². The van der Waals surface area contributed by atoms with E-state index in [1.54, 1.807) is 11.8 Å². The van der Waals surface area contributed by atoms with Gasteiger partial charge in [-0.05, 0) is 30.7 Å². The molecule has 2 nitrogen and oxygen atoms in total. The summed E-state index contributed by atoms with van der Waals surface area (Å²) in [4.78, 5) is 0. The van der Waals surface area contributed by atoms with Gasteiger partial charge in [-0.2, -0.15) is 11.8 Å². The second-order valence-electron chi connectivity index (χ2n) is 4.79. The Kier molecular flexibility index (Phi) is 2.49. The third-order valence-electron chi connectivity index (χ3n) is 3.69. The van der Waals surface area contributed by atoms with Gasteiger partial charge in [0.15, 0.2) is 0 Å². The Balaban J connectivity index is 2.15. The minimum atomic E-state index is -0.796. The van der Waals surface area contributed by atoms with Crippen molar-refractivity contribution in [2.75, 3.05) is 5.75 Å². The Hall–Kier alpha value is -0.930. The maximum absolute atomic E-state index is 10.7. The lowest BCUT2D eigenvalue weighted by Crippen LogP contribution is -2.30. The summed E-state index contributed by atoms with van der Waals surface area (Å²) >= 11 is 1.80.